The van der Waals surface area contributed by atoms with Gasteiger partial charge < -0.3 is 10.5 Å². The summed E-state index contributed by atoms with van der Waals surface area (Å²) >= 11 is 0. The molecule has 3 rings (SSSR count). The lowest BCUT2D eigenvalue weighted by Crippen LogP contribution is -2.40. The summed E-state index contributed by atoms with van der Waals surface area (Å²) in [6, 6.07) is 0.717. The number of rotatable bonds is 3. The molecule has 0 spiro atoms. The Morgan fingerprint density at radius 2 is 2.07 bits per heavy atom. The minimum absolute atomic E-state index is 0.557. The van der Waals surface area contributed by atoms with Crippen LogP contribution < -0.4 is 5.73 Å². The van der Waals surface area contributed by atoms with Crippen LogP contribution in [0.25, 0.3) is 0 Å². The van der Waals surface area contributed by atoms with Crippen molar-refractivity contribution in [3.63, 3.8) is 0 Å². The molecule has 2 heterocycles. The highest BCUT2D eigenvalue weighted by Gasteiger charge is 2.44. The van der Waals surface area contributed by atoms with Crippen molar-refractivity contribution in [2.45, 2.75) is 37.8 Å². The van der Waals surface area contributed by atoms with E-state index in [2.05, 4.69) is 4.90 Å². The van der Waals surface area contributed by atoms with Crippen LogP contribution in [0.4, 0.5) is 0 Å². The van der Waals surface area contributed by atoms with Gasteiger partial charge in [-0.1, -0.05) is 0 Å². The van der Waals surface area contributed by atoms with E-state index in [4.69, 9.17) is 10.5 Å². The van der Waals surface area contributed by atoms with Crippen LogP contribution in [0.5, 0.6) is 0 Å². The van der Waals surface area contributed by atoms with Crippen molar-refractivity contribution < 1.29 is 4.74 Å². The van der Waals surface area contributed by atoms with E-state index < -0.39 is 0 Å². The minimum Gasteiger partial charge on any atom is -0.376 e. The van der Waals surface area contributed by atoms with Gasteiger partial charge in [-0.05, 0) is 50.6 Å². The number of hydrogen-bond acceptors (Lipinski definition) is 3. The van der Waals surface area contributed by atoms with E-state index in [1.54, 1.807) is 0 Å². The molecule has 2 aliphatic heterocycles. The smallest absolute Gasteiger partial charge is 0.0759 e. The fourth-order valence-electron chi connectivity index (χ4n) is 3.22. The normalized spacial score (nSPS) is 42.6. The zero-order valence-electron chi connectivity index (χ0n) is 9.40. The predicted molar refractivity (Wildman–Crippen MR) is 59.6 cm³/mol. The van der Waals surface area contributed by atoms with E-state index in [0.29, 0.717) is 12.1 Å². The van der Waals surface area contributed by atoms with Gasteiger partial charge in [0.2, 0.25) is 0 Å². The van der Waals surface area contributed by atoms with Gasteiger partial charge in [-0.15, -0.1) is 0 Å². The third-order valence-electron chi connectivity index (χ3n) is 4.31. The molecule has 3 nitrogen and oxygen atoms in total. The van der Waals surface area contributed by atoms with E-state index in [1.807, 2.05) is 0 Å². The van der Waals surface area contributed by atoms with Crippen LogP contribution in [0.15, 0.2) is 0 Å². The molecule has 15 heavy (non-hydrogen) atoms. The molecule has 1 aliphatic carbocycles. The lowest BCUT2D eigenvalue weighted by Gasteiger charge is -2.28. The maximum Gasteiger partial charge on any atom is 0.0759 e. The summed E-state index contributed by atoms with van der Waals surface area (Å²) in [4.78, 5) is 2.65. The SMILES string of the molecule is NCC1CCN(C2CCOC2C2CC2)C1. The highest BCUT2D eigenvalue weighted by Crippen LogP contribution is 2.41. The number of ether oxygens (including phenoxy) is 1. The van der Waals surface area contributed by atoms with Gasteiger partial charge in [0.05, 0.1) is 6.10 Å². The Kier molecular flexibility index (Phi) is 2.71. The highest BCUT2D eigenvalue weighted by molar-refractivity contribution is 4.96. The van der Waals surface area contributed by atoms with Gasteiger partial charge in [0.15, 0.2) is 0 Å². The Hall–Kier alpha value is -0.120. The van der Waals surface area contributed by atoms with Gasteiger partial charge in [0.1, 0.15) is 0 Å². The van der Waals surface area contributed by atoms with Crippen LogP contribution in [0.2, 0.25) is 0 Å². The Labute approximate surface area is 91.9 Å². The Balaban J connectivity index is 1.61. The summed E-state index contributed by atoms with van der Waals surface area (Å²) in [6.45, 7) is 4.31. The van der Waals surface area contributed by atoms with Crippen molar-refractivity contribution in [1.82, 2.24) is 4.90 Å². The van der Waals surface area contributed by atoms with Crippen molar-refractivity contribution in [1.29, 1.82) is 0 Å². The first-order chi connectivity index (χ1) is 7.38. The summed E-state index contributed by atoms with van der Waals surface area (Å²) < 4.78 is 5.90. The molecule has 3 atom stereocenters. The van der Waals surface area contributed by atoms with E-state index in [-0.39, 0.29) is 0 Å². The molecule has 2 saturated heterocycles. The van der Waals surface area contributed by atoms with Gasteiger partial charge >= 0.3 is 0 Å². The van der Waals surface area contributed by atoms with Crippen molar-refractivity contribution in [2.24, 2.45) is 17.6 Å². The quantitative estimate of drug-likeness (QED) is 0.750. The fourth-order valence-corrected chi connectivity index (χ4v) is 3.22. The summed E-state index contributed by atoms with van der Waals surface area (Å²) in [7, 11) is 0. The summed E-state index contributed by atoms with van der Waals surface area (Å²) in [5, 5.41) is 0. The van der Waals surface area contributed by atoms with Crippen LogP contribution >= 0.6 is 0 Å². The van der Waals surface area contributed by atoms with Crippen LogP contribution in [0.3, 0.4) is 0 Å². The fraction of sp³-hybridized carbons (Fsp3) is 1.00. The molecule has 0 aromatic carbocycles. The number of hydrogen-bond donors (Lipinski definition) is 1. The third kappa shape index (κ3) is 1.93. The van der Waals surface area contributed by atoms with Gasteiger partial charge in [0.25, 0.3) is 0 Å². The molecule has 0 aromatic rings. The molecular formula is C12H22N2O. The molecule has 86 valence electrons. The van der Waals surface area contributed by atoms with Crippen LogP contribution in [0.1, 0.15) is 25.7 Å². The lowest BCUT2D eigenvalue weighted by atomic mass is 10.0. The summed E-state index contributed by atoms with van der Waals surface area (Å²) in [6.07, 6.45) is 5.90. The second kappa shape index (κ2) is 4.04. The zero-order chi connectivity index (χ0) is 10.3. The average Bonchev–Trinajstić information content (AvgIpc) is 2.83. The zero-order valence-corrected chi connectivity index (χ0v) is 9.40. The molecule has 0 amide bonds. The van der Waals surface area contributed by atoms with E-state index in [9.17, 15) is 0 Å². The van der Waals surface area contributed by atoms with Crippen LogP contribution in [0, 0.1) is 11.8 Å². The van der Waals surface area contributed by atoms with Crippen molar-refractivity contribution in [3.8, 4) is 0 Å². The van der Waals surface area contributed by atoms with Crippen LogP contribution in [-0.4, -0.2) is 43.3 Å². The van der Waals surface area contributed by atoms with E-state index >= 15 is 0 Å². The molecule has 3 aliphatic rings. The highest BCUT2D eigenvalue weighted by atomic mass is 16.5. The molecule has 0 aromatic heterocycles. The molecule has 0 radical (unpaired) electrons. The Morgan fingerprint density at radius 3 is 2.73 bits per heavy atom. The molecule has 1 saturated carbocycles. The maximum absolute atomic E-state index is 5.90. The minimum atomic E-state index is 0.557. The second-order valence-corrected chi connectivity index (χ2v) is 5.41. The average molecular weight is 210 g/mol. The maximum atomic E-state index is 5.90. The third-order valence-corrected chi connectivity index (χ3v) is 4.31. The molecule has 3 fully saturated rings. The van der Waals surface area contributed by atoms with Crippen LogP contribution in [-0.2, 0) is 4.74 Å². The lowest BCUT2D eigenvalue weighted by molar-refractivity contribution is 0.0521. The van der Waals surface area contributed by atoms with Crippen molar-refractivity contribution >= 4 is 0 Å². The molecule has 0 bridgehead atoms. The molecular weight excluding hydrogens is 188 g/mol. The standard InChI is InChI=1S/C12H22N2O/c13-7-9-3-5-14(8-9)11-4-6-15-12(11)10-1-2-10/h9-12H,1-8,13H2. The largest absolute Gasteiger partial charge is 0.376 e. The van der Waals surface area contributed by atoms with E-state index in [0.717, 1.165) is 25.0 Å². The molecule has 3 unspecified atom stereocenters. The summed E-state index contributed by atoms with van der Waals surface area (Å²) in [5.41, 5.74) is 5.74. The molecule has 3 heteroatoms. The topological polar surface area (TPSA) is 38.5 Å². The second-order valence-electron chi connectivity index (χ2n) is 5.41. The number of nitrogens with two attached hydrogens (primary N) is 1. The van der Waals surface area contributed by atoms with Crippen molar-refractivity contribution in [2.75, 3.05) is 26.2 Å². The first-order valence-electron chi connectivity index (χ1n) is 6.44. The molecule has 2 N–H and O–H groups in total. The Morgan fingerprint density at radius 1 is 1.20 bits per heavy atom. The monoisotopic (exact) mass is 210 g/mol. The number of nitrogens with zero attached hydrogens (tertiary/aromatic N) is 1. The predicted octanol–water partition coefficient (Wildman–Crippen LogP) is 0.834. The van der Waals surface area contributed by atoms with Gasteiger partial charge in [-0.25, -0.2) is 0 Å². The van der Waals surface area contributed by atoms with Crippen molar-refractivity contribution in [3.05, 3.63) is 0 Å². The first-order valence-corrected chi connectivity index (χ1v) is 6.44. The summed E-state index contributed by atoms with van der Waals surface area (Å²) in [5.74, 6) is 1.62. The van der Waals surface area contributed by atoms with Gasteiger partial charge in [0, 0.05) is 19.2 Å². The first kappa shape index (κ1) is 10.1. The van der Waals surface area contributed by atoms with Gasteiger partial charge in [-0.3, -0.25) is 4.90 Å². The van der Waals surface area contributed by atoms with E-state index in [1.165, 1.54) is 38.8 Å². The Bertz CT molecular complexity index is 230. The number of likely N-dealkylation sites (tertiary alicyclic amines) is 1. The van der Waals surface area contributed by atoms with Gasteiger partial charge in [-0.2, -0.15) is 0 Å².